The third-order valence-corrected chi connectivity index (χ3v) is 6.06. The van der Waals surface area contributed by atoms with Crippen molar-refractivity contribution in [3.05, 3.63) is 58.7 Å². The molecule has 3 aromatic rings. The standard InChI is InChI=1S/C22H24FN5O2/c1-14-24-21(30-26-14)15-5-4-12-27(13-15)22(29)20-18-6-2-3-7-19(18)28(25-20)17-10-8-16(23)9-11-17/h8-11,15H,2-7,12-13H2,1H3. The number of amides is 1. The van der Waals surface area contributed by atoms with E-state index in [-0.39, 0.29) is 17.6 Å². The van der Waals surface area contributed by atoms with Crippen molar-refractivity contribution in [2.45, 2.75) is 51.4 Å². The van der Waals surface area contributed by atoms with Crippen LogP contribution in [0.15, 0.2) is 28.8 Å². The maximum Gasteiger partial charge on any atom is 0.274 e. The van der Waals surface area contributed by atoms with Crippen LogP contribution in [0.5, 0.6) is 0 Å². The topological polar surface area (TPSA) is 77.0 Å². The second-order valence-corrected chi connectivity index (χ2v) is 8.14. The Balaban J connectivity index is 1.46. The fourth-order valence-corrected chi connectivity index (χ4v) is 4.56. The summed E-state index contributed by atoms with van der Waals surface area (Å²) < 4.78 is 20.6. The molecule has 1 atom stereocenters. The molecule has 5 rings (SSSR count). The number of hydrogen-bond donors (Lipinski definition) is 0. The van der Waals surface area contributed by atoms with Crippen molar-refractivity contribution in [2.75, 3.05) is 13.1 Å². The number of carbonyl (C=O) groups is 1. The summed E-state index contributed by atoms with van der Waals surface area (Å²) >= 11 is 0. The maximum absolute atomic E-state index is 13.5. The van der Waals surface area contributed by atoms with E-state index in [0.29, 0.717) is 30.5 Å². The molecule has 30 heavy (non-hydrogen) atoms. The average molecular weight is 409 g/mol. The van der Waals surface area contributed by atoms with Crippen LogP contribution in [0.3, 0.4) is 0 Å². The first kappa shape index (κ1) is 19.0. The lowest BCUT2D eigenvalue weighted by Crippen LogP contribution is -2.39. The lowest BCUT2D eigenvalue weighted by atomic mass is 9.94. The Kier molecular flexibility index (Phi) is 4.84. The molecule has 0 spiro atoms. The first-order chi connectivity index (χ1) is 14.6. The molecule has 156 valence electrons. The Hall–Kier alpha value is -3.03. The largest absolute Gasteiger partial charge is 0.339 e. The maximum atomic E-state index is 13.5. The summed E-state index contributed by atoms with van der Waals surface area (Å²) in [5.74, 6) is 0.935. The van der Waals surface area contributed by atoms with Crippen LogP contribution in [0, 0.1) is 12.7 Å². The molecule has 1 saturated heterocycles. The molecule has 0 bridgehead atoms. The number of benzene rings is 1. The van der Waals surface area contributed by atoms with Crippen molar-refractivity contribution in [3.63, 3.8) is 0 Å². The Morgan fingerprint density at radius 2 is 1.97 bits per heavy atom. The van der Waals surface area contributed by atoms with Crippen LogP contribution < -0.4 is 0 Å². The summed E-state index contributed by atoms with van der Waals surface area (Å²) in [5.41, 5.74) is 3.41. The zero-order valence-corrected chi connectivity index (χ0v) is 17.0. The monoisotopic (exact) mass is 409 g/mol. The van der Waals surface area contributed by atoms with Gasteiger partial charge in [0.15, 0.2) is 11.5 Å². The van der Waals surface area contributed by atoms with Crippen LogP contribution in [0.25, 0.3) is 5.69 Å². The third kappa shape index (κ3) is 3.40. The number of halogens is 1. The van der Waals surface area contributed by atoms with E-state index in [1.807, 2.05) is 9.58 Å². The quantitative estimate of drug-likeness (QED) is 0.661. The van der Waals surface area contributed by atoms with Crippen molar-refractivity contribution < 1.29 is 13.7 Å². The normalized spacial score (nSPS) is 19.0. The molecule has 3 heterocycles. The van der Waals surface area contributed by atoms with E-state index in [0.717, 1.165) is 55.5 Å². The van der Waals surface area contributed by atoms with Crippen LogP contribution in [0.2, 0.25) is 0 Å². The average Bonchev–Trinajstić information content (AvgIpc) is 3.38. The minimum Gasteiger partial charge on any atom is -0.339 e. The number of rotatable bonds is 3. The van der Waals surface area contributed by atoms with Crippen molar-refractivity contribution in [3.8, 4) is 5.69 Å². The number of aryl methyl sites for hydroxylation is 1. The molecule has 1 aliphatic carbocycles. The highest BCUT2D eigenvalue weighted by molar-refractivity contribution is 5.94. The number of hydrogen-bond acceptors (Lipinski definition) is 5. The van der Waals surface area contributed by atoms with Gasteiger partial charge in [-0.05, 0) is 69.7 Å². The van der Waals surface area contributed by atoms with Crippen LogP contribution in [-0.2, 0) is 12.8 Å². The van der Waals surface area contributed by atoms with Crippen LogP contribution in [0.4, 0.5) is 4.39 Å². The summed E-state index contributed by atoms with van der Waals surface area (Å²) in [5, 5.41) is 8.61. The highest BCUT2D eigenvalue weighted by Gasteiger charge is 2.33. The van der Waals surface area contributed by atoms with E-state index >= 15 is 0 Å². The van der Waals surface area contributed by atoms with E-state index in [4.69, 9.17) is 9.62 Å². The number of nitrogens with zero attached hydrogens (tertiary/aromatic N) is 5. The number of carbonyl (C=O) groups excluding carboxylic acids is 1. The highest BCUT2D eigenvalue weighted by Crippen LogP contribution is 2.30. The van der Waals surface area contributed by atoms with Crippen LogP contribution in [-0.4, -0.2) is 43.8 Å². The highest BCUT2D eigenvalue weighted by atomic mass is 19.1. The molecule has 1 unspecified atom stereocenters. The predicted molar refractivity (Wildman–Crippen MR) is 107 cm³/mol. The fourth-order valence-electron chi connectivity index (χ4n) is 4.56. The lowest BCUT2D eigenvalue weighted by Gasteiger charge is -2.30. The van der Waals surface area contributed by atoms with Gasteiger partial charge in [0.2, 0.25) is 5.89 Å². The van der Waals surface area contributed by atoms with Gasteiger partial charge in [0, 0.05) is 24.3 Å². The number of piperidine rings is 1. The van der Waals surface area contributed by atoms with Gasteiger partial charge in [-0.25, -0.2) is 9.07 Å². The third-order valence-electron chi connectivity index (χ3n) is 6.06. The zero-order valence-electron chi connectivity index (χ0n) is 17.0. The van der Waals surface area contributed by atoms with Crippen molar-refractivity contribution in [1.29, 1.82) is 0 Å². The number of fused-ring (bicyclic) bond motifs is 1. The van der Waals surface area contributed by atoms with Crippen LogP contribution in [0.1, 0.15) is 65.1 Å². The minimum absolute atomic E-state index is 0.0463. The molecule has 7 nitrogen and oxygen atoms in total. The fraction of sp³-hybridized carbons (Fsp3) is 0.455. The summed E-state index contributed by atoms with van der Waals surface area (Å²) in [6.45, 7) is 3.05. The van der Waals surface area contributed by atoms with E-state index in [2.05, 4.69) is 10.1 Å². The molecule has 1 aromatic carbocycles. The Morgan fingerprint density at radius 1 is 1.17 bits per heavy atom. The van der Waals surface area contributed by atoms with E-state index < -0.39 is 0 Å². The first-order valence-electron chi connectivity index (χ1n) is 10.6. The van der Waals surface area contributed by atoms with E-state index in [1.54, 1.807) is 19.1 Å². The summed E-state index contributed by atoms with van der Waals surface area (Å²) in [4.78, 5) is 19.7. The Bertz CT molecular complexity index is 1070. The summed E-state index contributed by atoms with van der Waals surface area (Å²) in [6, 6.07) is 6.27. The molecule has 1 aliphatic heterocycles. The minimum atomic E-state index is -0.285. The van der Waals surface area contributed by atoms with Gasteiger partial charge in [-0.1, -0.05) is 5.16 Å². The van der Waals surface area contributed by atoms with Gasteiger partial charge in [0.25, 0.3) is 5.91 Å². The molecule has 0 radical (unpaired) electrons. The van der Waals surface area contributed by atoms with Crippen molar-refractivity contribution >= 4 is 5.91 Å². The first-order valence-corrected chi connectivity index (χ1v) is 10.6. The molecule has 8 heteroatoms. The summed E-state index contributed by atoms with van der Waals surface area (Å²) in [6.07, 6.45) is 5.64. The van der Waals surface area contributed by atoms with Crippen molar-refractivity contribution in [2.24, 2.45) is 0 Å². The summed E-state index contributed by atoms with van der Waals surface area (Å²) in [7, 11) is 0. The number of likely N-dealkylation sites (tertiary alicyclic amines) is 1. The lowest BCUT2D eigenvalue weighted by molar-refractivity contribution is 0.0688. The molecule has 0 N–H and O–H groups in total. The molecular formula is C22H24FN5O2. The van der Waals surface area contributed by atoms with Gasteiger partial charge < -0.3 is 9.42 Å². The van der Waals surface area contributed by atoms with Gasteiger partial charge in [-0.15, -0.1) is 0 Å². The predicted octanol–water partition coefficient (Wildman–Crippen LogP) is 3.60. The molecule has 2 aromatic heterocycles. The van der Waals surface area contributed by atoms with E-state index in [1.165, 1.54) is 12.1 Å². The van der Waals surface area contributed by atoms with Gasteiger partial charge in [0.1, 0.15) is 5.82 Å². The smallest absolute Gasteiger partial charge is 0.274 e. The molecule has 1 fully saturated rings. The molecule has 2 aliphatic rings. The molecule has 1 amide bonds. The Morgan fingerprint density at radius 3 is 2.73 bits per heavy atom. The van der Waals surface area contributed by atoms with Gasteiger partial charge in [0.05, 0.1) is 11.6 Å². The zero-order chi connectivity index (χ0) is 20.7. The molecular weight excluding hydrogens is 385 g/mol. The molecule has 0 saturated carbocycles. The second-order valence-electron chi connectivity index (χ2n) is 8.14. The van der Waals surface area contributed by atoms with E-state index in [9.17, 15) is 9.18 Å². The van der Waals surface area contributed by atoms with Crippen molar-refractivity contribution in [1.82, 2.24) is 24.8 Å². The van der Waals surface area contributed by atoms with Gasteiger partial charge >= 0.3 is 0 Å². The second kappa shape index (κ2) is 7.66. The van der Waals surface area contributed by atoms with Gasteiger partial charge in [-0.3, -0.25) is 4.79 Å². The van der Waals surface area contributed by atoms with Crippen LogP contribution >= 0.6 is 0 Å². The SMILES string of the molecule is Cc1noc(C2CCCN(C(=O)c3nn(-c4ccc(F)cc4)c4c3CCCC4)C2)n1. The number of aromatic nitrogens is 4. The van der Waals surface area contributed by atoms with Gasteiger partial charge in [-0.2, -0.15) is 10.1 Å². The Labute approximate surface area is 173 Å².